The van der Waals surface area contributed by atoms with E-state index >= 15 is 0 Å². The van der Waals surface area contributed by atoms with Crippen molar-refractivity contribution < 1.29 is 14.5 Å². The van der Waals surface area contributed by atoms with Crippen LogP contribution in [0.25, 0.3) is 0 Å². The number of hydrogen-bond acceptors (Lipinski definition) is 5. The molecule has 126 valence electrons. The van der Waals surface area contributed by atoms with Crippen LogP contribution in [0.5, 0.6) is 0 Å². The van der Waals surface area contributed by atoms with Crippen LogP contribution in [-0.4, -0.2) is 54.1 Å². The molecule has 2 atom stereocenters. The minimum absolute atomic E-state index is 0.0440. The average Bonchev–Trinajstić information content (AvgIpc) is 2.52. The first-order valence-electron chi connectivity index (χ1n) is 7.45. The SMILES string of the molecule is C[C@H](CNC(=O)c1ccc([N+](=O)[O-])c(Cl)c1)N1CCOC[C@@H]1C. The van der Waals surface area contributed by atoms with Crippen molar-refractivity contribution in [1.29, 1.82) is 0 Å². The second-order valence-corrected chi connectivity index (χ2v) is 6.05. The molecule has 0 aromatic heterocycles. The number of nitrogens with one attached hydrogen (secondary N) is 1. The summed E-state index contributed by atoms with van der Waals surface area (Å²) in [5.74, 6) is -0.297. The molecule has 1 aliphatic rings. The number of nitro groups is 1. The van der Waals surface area contributed by atoms with Crippen molar-refractivity contribution in [2.45, 2.75) is 25.9 Å². The smallest absolute Gasteiger partial charge is 0.287 e. The zero-order valence-corrected chi connectivity index (χ0v) is 13.9. The van der Waals surface area contributed by atoms with Crippen molar-refractivity contribution in [2.24, 2.45) is 0 Å². The number of ether oxygens (including phenoxy) is 1. The highest BCUT2D eigenvalue weighted by Gasteiger charge is 2.24. The normalized spacial score (nSPS) is 20.0. The molecule has 23 heavy (non-hydrogen) atoms. The lowest BCUT2D eigenvalue weighted by Crippen LogP contribution is -2.51. The average molecular weight is 342 g/mol. The van der Waals surface area contributed by atoms with Gasteiger partial charge >= 0.3 is 0 Å². The van der Waals surface area contributed by atoms with Crippen LogP contribution in [0.3, 0.4) is 0 Å². The second kappa shape index (κ2) is 7.72. The molecule has 1 fully saturated rings. The molecule has 0 radical (unpaired) electrons. The van der Waals surface area contributed by atoms with Gasteiger partial charge in [0.2, 0.25) is 0 Å². The van der Waals surface area contributed by atoms with E-state index in [0.717, 1.165) is 6.54 Å². The molecule has 1 heterocycles. The van der Waals surface area contributed by atoms with Crippen molar-refractivity contribution in [2.75, 3.05) is 26.3 Å². The molecule has 0 unspecified atom stereocenters. The van der Waals surface area contributed by atoms with E-state index in [1.807, 2.05) is 6.92 Å². The summed E-state index contributed by atoms with van der Waals surface area (Å²) in [5.41, 5.74) is 0.0987. The first-order valence-corrected chi connectivity index (χ1v) is 7.83. The highest BCUT2D eigenvalue weighted by molar-refractivity contribution is 6.33. The summed E-state index contributed by atoms with van der Waals surface area (Å²) in [6.45, 7) is 6.84. The topological polar surface area (TPSA) is 84.7 Å². The predicted molar refractivity (Wildman–Crippen MR) is 86.9 cm³/mol. The van der Waals surface area contributed by atoms with Crippen LogP contribution in [0.1, 0.15) is 24.2 Å². The minimum atomic E-state index is -0.577. The van der Waals surface area contributed by atoms with Gasteiger partial charge in [-0.3, -0.25) is 19.8 Å². The van der Waals surface area contributed by atoms with Gasteiger partial charge in [0.1, 0.15) is 5.02 Å². The summed E-state index contributed by atoms with van der Waals surface area (Å²) in [6, 6.07) is 4.44. The van der Waals surface area contributed by atoms with Crippen molar-refractivity contribution in [1.82, 2.24) is 10.2 Å². The zero-order chi connectivity index (χ0) is 17.0. The fraction of sp³-hybridized carbons (Fsp3) is 0.533. The maximum absolute atomic E-state index is 12.2. The molecule has 0 bridgehead atoms. The van der Waals surface area contributed by atoms with Crippen LogP contribution < -0.4 is 5.32 Å². The Morgan fingerprint density at radius 2 is 2.35 bits per heavy atom. The quantitative estimate of drug-likeness (QED) is 0.654. The molecular weight excluding hydrogens is 322 g/mol. The van der Waals surface area contributed by atoms with Gasteiger partial charge in [-0.25, -0.2) is 0 Å². The Kier molecular flexibility index (Phi) is 5.92. The molecule has 1 amide bonds. The molecule has 0 spiro atoms. The molecule has 7 nitrogen and oxygen atoms in total. The Hall–Kier alpha value is -1.70. The van der Waals surface area contributed by atoms with Gasteiger partial charge in [0.05, 0.1) is 18.1 Å². The third kappa shape index (κ3) is 4.40. The monoisotopic (exact) mass is 341 g/mol. The van der Waals surface area contributed by atoms with Crippen LogP contribution in [0.4, 0.5) is 5.69 Å². The molecule has 1 N–H and O–H groups in total. The number of rotatable bonds is 5. The fourth-order valence-corrected chi connectivity index (χ4v) is 2.90. The number of hydrogen-bond donors (Lipinski definition) is 1. The van der Waals surface area contributed by atoms with Gasteiger partial charge in [-0.05, 0) is 26.0 Å². The lowest BCUT2D eigenvalue weighted by Gasteiger charge is -2.37. The van der Waals surface area contributed by atoms with Gasteiger partial charge < -0.3 is 10.1 Å². The number of morpholine rings is 1. The van der Waals surface area contributed by atoms with Crippen molar-refractivity contribution >= 4 is 23.2 Å². The molecule has 1 aromatic carbocycles. The Morgan fingerprint density at radius 3 is 2.96 bits per heavy atom. The summed E-state index contributed by atoms with van der Waals surface area (Å²) >= 11 is 5.83. The lowest BCUT2D eigenvalue weighted by molar-refractivity contribution is -0.384. The van der Waals surface area contributed by atoms with Crippen molar-refractivity contribution in [3.05, 3.63) is 38.9 Å². The molecule has 1 aliphatic heterocycles. The summed E-state index contributed by atoms with van der Waals surface area (Å²) in [4.78, 5) is 24.6. The highest BCUT2D eigenvalue weighted by atomic mass is 35.5. The number of halogens is 1. The van der Waals surface area contributed by atoms with E-state index < -0.39 is 4.92 Å². The van der Waals surface area contributed by atoms with Gasteiger partial charge in [0.15, 0.2) is 0 Å². The minimum Gasteiger partial charge on any atom is -0.379 e. The Morgan fingerprint density at radius 1 is 1.61 bits per heavy atom. The molecule has 0 aliphatic carbocycles. The first kappa shape index (κ1) is 17.7. The van der Waals surface area contributed by atoms with Gasteiger partial charge in [0.25, 0.3) is 11.6 Å². The van der Waals surface area contributed by atoms with Crippen LogP contribution in [-0.2, 0) is 4.74 Å². The molecule has 0 saturated carbocycles. The van der Waals surface area contributed by atoms with Crippen molar-refractivity contribution in [3.63, 3.8) is 0 Å². The number of benzene rings is 1. The Bertz CT molecular complexity index is 596. The highest BCUT2D eigenvalue weighted by Crippen LogP contribution is 2.24. The summed E-state index contributed by atoms with van der Waals surface area (Å²) < 4.78 is 5.40. The molecule has 8 heteroatoms. The number of carbonyl (C=O) groups is 1. The van der Waals surface area contributed by atoms with E-state index in [2.05, 4.69) is 17.1 Å². The van der Waals surface area contributed by atoms with Crippen LogP contribution in [0.15, 0.2) is 18.2 Å². The van der Waals surface area contributed by atoms with Crippen LogP contribution in [0, 0.1) is 10.1 Å². The number of carbonyl (C=O) groups excluding carboxylic acids is 1. The largest absolute Gasteiger partial charge is 0.379 e. The zero-order valence-electron chi connectivity index (χ0n) is 13.1. The summed E-state index contributed by atoms with van der Waals surface area (Å²) in [7, 11) is 0. The van der Waals surface area contributed by atoms with Gasteiger partial charge in [-0.15, -0.1) is 0 Å². The standard InChI is InChI=1S/C15H20ClN3O4/c1-10(18-5-6-23-9-11(18)2)8-17-15(20)12-3-4-14(19(21)22)13(16)7-12/h3-4,7,10-11H,5-6,8-9H2,1-2H3,(H,17,20)/t10-,11+/m1/s1. The van der Waals surface area contributed by atoms with Gasteiger partial charge in [0, 0.05) is 36.8 Å². The third-order valence-corrected chi connectivity index (χ3v) is 4.25. The first-order chi connectivity index (χ1) is 10.9. The maximum atomic E-state index is 12.2. The number of nitrogens with zero attached hydrogens (tertiary/aromatic N) is 2. The summed E-state index contributed by atoms with van der Waals surface area (Å²) in [5, 5.41) is 13.5. The molecule has 1 aromatic rings. The maximum Gasteiger partial charge on any atom is 0.287 e. The summed E-state index contributed by atoms with van der Waals surface area (Å²) in [6.07, 6.45) is 0. The fourth-order valence-electron chi connectivity index (χ4n) is 2.65. The van der Waals surface area contributed by atoms with E-state index in [9.17, 15) is 14.9 Å². The number of amides is 1. The van der Waals surface area contributed by atoms with E-state index in [0.29, 0.717) is 31.4 Å². The van der Waals surface area contributed by atoms with Gasteiger partial charge in [-0.1, -0.05) is 11.6 Å². The van der Waals surface area contributed by atoms with Gasteiger partial charge in [-0.2, -0.15) is 0 Å². The Balaban J connectivity index is 1.94. The Labute approximate surface area is 139 Å². The predicted octanol–water partition coefficient (Wildman–Crippen LogP) is 2.09. The van der Waals surface area contributed by atoms with Crippen LogP contribution >= 0.6 is 11.6 Å². The second-order valence-electron chi connectivity index (χ2n) is 5.64. The third-order valence-electron chi connectivity index (χ3n) is 3.95. The molecule has 1 saturated heterocycles. The molecular formula is C15H20ClN3O4. The van der Waals surface area contributed by atoms with E-state index in [4.69, 9.17) is 16.3 Å². The van der Waals surface area contributed by atoms with E-state index in [1.165, 1.54) is 18.2 Å². The van der Waals surface area contributed by atoms with Crippen LogP contribution in [0.2, 0.25) is 5.02 Å². The van der Waals surface area contributed by atoms with E-state index in [1.54, 1.807) is 0 Å². The lowest BCUT2D eigenvalue weighted by atomic mass is 10.1. The van der Waals surface area contributed by atoms with E-state index in [-0.39, 0.29) is 22.7 Å². The number of nitro benzene ring substituents is 1. The van der Waals surface area contributed by atoms with Crippen molar-refractivity contribution in [3.8, 4) is 0 Å². The molecule has 2 rings (SSSR count).